The fourth-order valence-electron chi connectivity index (χ4n) is 3.01. The molecule has 7 nitrogen and oxygen atoms in total. The van der Waals surface area contributed by atoms with Gasteiger partial charge in [-0.2, -0.15) is 0 Å². The number of hydrogen-bond donors (Lipinski definition) is 3. The number of imidazole rings is 1. The summed E-state index contributed by atoms with van der Waals surface area (Å²) in [5, 5.41) is 9.32. The molecule has 0 aliphatic rings. The highest BCUT2D eigenvalue weighted by Gasteiger charge is 2.17. The van der Waals surface area contributed by atoms with Gasteiger partial charge in [0.15, 0.2) is 0 Å². The van der Waals surface area contributed by atoms with E-state index in [1.165, 1.54) is 6.07 Å². The van der Waals surface area contributed by atoms with Crippen molar-refractivity contribution >= 4 is 11.9 Å². The van der Waals surface area contributed by atoms with Crippen molar-refractivity contribution in [3.05, 3.63) is 84.1 Å². The fraction of sp³-hybridized carbons (Fsp3) is 0. The number of nitrogens with zero attached hydrogens (tertiary/aromatic N) is 2. The van der Waals surface area contributed by atoms with E-state index in [1.54, 1.807) is 48.7 Å². The van der Waals surface area contributed by atoms with Gasteiger partial charge in [-0.05, 0) is 36.4 Å². The highest BCUT2D eigenvalue weighted by molar-refractivity contribution is 5.93. The third-order valence-corrected chi connectivity index (χ3v) is 4.45. The number of nitrogens with one attached hydrogen (secondary N) is 1. The minimum atomic E-state index is -1.01. The van der Waals surface area contributed by atoms with Gasteiger partial charge in [0, 0.05) is 22.9 Å². The van der Waals surface area contributed by atoms with Gasteiger partial charge in [0.25, 0.3) is 0 Å². The fourth-order valence-corrected chi connectivity index (χ4v) is 3.01. The summed E-state index contributed by atoms with van der Waals surface area (Å²) in [6.07, 6.45) is 1.68. The summed E-state index contributed by atoms with van der Waals surface area (Å²) in [5.74, 6) is -0.946. The number of amides is 1. The first-order chi connectivity index (χ1) is 14.0. The van der Waals surface area contributed by atoms with E-state index in [1.807, 2.05) is 18.2 Å². The van der Waals surface area contributed by atoms with Crippen LogP contribution >= 0.6 is 0 Å². The standard InChI is InChI=1S/C22H16N4O3/c23-20(27)13-7-9-14(10-8-13)21-25-18(15-4-3-5-16(12-15)22(28)29)19(26-21)17-6-1-2-11-24-17/h1-12H,(H2,23,27)(H,25,26)(H,28,29). The average Bonchev–Trinajstić information content (AvgIpc) is 3.20. The first kappa shape index (κ1) is 18.1. The van der Waals surface area contributed by atoms with Crippen LogP contribution in [-0.2, 0) is 0 Å². The number of aromatic nitrogens is 3. The summed E-state index contributed by atoms with van der Waals surface area (Å²) in [6.45, 7) is 0. The number of primary amides is 1. The quantitative estimate of drug-likeness (QED) is 0.485. The molecule has 142 valence electrons. The Bertz CT molecular complexity index is 1200. The van der Waals surface area contributed by atoms with Crippen LogP contribution in [0.25, 0.3) is 34.0 Å². The number of H-pyrrole nitrogens is 1. The second-order valence-corrected chi connectivity index (χ2v) is 6.35. The van der Waals surface area contributed by atoms with Crippen molar-refractivity contribution in [3.63, 3.8) is 0 Å². The molecule has 0 spiro atoms. The molecule has 0 aliphatic heterocycles. The molecule has 29 heavy (non-hydrogen) atoms. The van der Waals surface area contributed by atoms with Crippen molar-refractivity contribution in [3.8, 4) is 34.0 Å². The number of aromatic carboxylic acids is 1. The smallest absolute Gasteiger partial charge is 0.335 e. The number of carbonyl (C=O) groups excluding carboxylic acids is 1. The SMILES string of the molecule is NC(=O)c1ccc(-c2nc(-c3cccc(C(=O)O)c3)c(-c3ccccn3)[nH]2)cc1. The van der Waals surface area contributed by atoms with Crippen LogP contribution in [0.1, 0.15) is 20.7 Å². The van der Waals surface area contributed by atoms with E-state index in [0.717, 1.165) is 5.56 Å². The number of aromatic amines is 1. The molecule has 0 aliphatic carbocycles. The Kier molecular flexibility index (Phi) is 4.62. The Morgan fingerprint density at radius 2 is 1.69 bits per heavy atom. The van der Waals surface area contributed by atoms with Gasteiger partial charge in [0.05, 0.1) is 22.6 Å². The predicted octanol–water partition coefficient (Wildman–Crippen LogP) is 3.60. The van der Waals surface area contributed by atoms with Crippen LogP contribution in [0.3, 0.4) is 0 Å². The zero-order valence-corrected chi connectivity index (χ0v) is 15.2. The van der Waals surface area contributed by atoms with Gasteiger partial charge in [-0.25, -0.2) is 9.78 Å². The number of pyridine rings is 1. The summed E-state index contributed by atoms with van der Waals surface area (Å²) in [7, 11) is 0. The normalized spacial score (nSPS) is 10.6. The van der Waals surface area contributed by atoms with Crippen molar-refractivity contribution in [2.75, 3.05) is 0 Å². The zero-order chi connectivity index (χ0) is 20.4. The number of hydrogen-bond acceptors (Lipinski definition) is 4. The summed E-state index contributed by atoms with van der Waals surface area (Å²) >= 11 is 0. The molecule has 4 N–H and O–H groups in total. The van der Waals surface area contributed by atoms with Gasteiger partial charge in [-0.3, -0.25) is 9.78 Å². The molecule has 0 atom stereocenters. The number of carboxylic acids is 1. The third-order valence-electron chi connectivity index (χ3n) is 4.45. The molecule has 7 heteroatoms. The Labute approximate surface area is 165 Å². The molecule has 0 saturated heterocycles. The molecule has 0 bridgehead atoms. The van der Waals surface area contributed by atoms with E-state index in [-0.39, 0.29) is 5.56 Å². The largest absolute Gasteiger partial charge is 0.478 e. The van der Waals surface area contributed by atoms with E-state index in [2.05, 4.69) is 9.97 Å². The van der Waals surface area contributed by atoms with E-state index >= 15 is 0 Å². The summed E-state index contributed by atoms with van der Waals surface area (Å²) in [6, 6.07) is 18.9. The minimum absolute atomic E-state index is 0.171. The highest BCUT2D eigenvalue weighted by Crippen LogP contribution is 2.32. The molecule has 1 amide bonds. The third kappa shape index (κ3) is 3.61. The Balaban J connectivity index is 1.87. The maximum atomic E-state index is 11.4. The maximum absolute atomic E-state index is 11.4. The monoisotopic (exact) mass is 384 g/mol. The number of carbonyl (C=O) groups is 2. The van der Waals surface area contributed by atoms with Gasteiger partial charge in [-0.1, -0.05) is 30.3 Å². The zero-order valence-electron chi connectivity index (χ0n) is 15.2. The predicted molar refractivity (Wildman–Crippen MR) is 108 cm³/mol. The molecular formula is C22H16N4O3. The second-order valence-electron chi connectivity index (χ2n) is 6.35. The number of benzene rings is 2. The van der Waals surface area contributed by atoms with E-state index in [9.17, 15) is 14.7 Å². The molecule has 4 rings (SSSR count). The summed E-state index contributed by atoms with van der Waals surface area (Å²) < 4.78 is 0. The van der Waals surface area contributed by atoms with Gasteiger partial charge in [-0.15, -0.1) is 0 Å². The number of rotatable bonds is 5. The lowest BCUT2D eigenvalue weighted by molar-refractivity contribution is 0.0696. The lowest BCUT2D eigenvalue weighted by Crippen LogP contribution is -2.10. The van der Waals surface area contributed by atoms with E-state index in [0.29, 0.717) is 34.0 Å². The van der Waals surface area contributed by atoms with Crippen molar-refractivity contribution in [2.45, 2.75) is 0 Å². The van der Waals surface area contributed by atoms with Crippen LogP contribution in [0.2, 0.25) is 0 Å². The van der Waals surface area contributed by atoms with E-state index in [4.69, 9.17) is 10.7 Å². The Hall–Kier alpha value is -4.26. The van der Waals surface area contributed by atoms with Crippen LogP contribution < -0.4 is 5.73 Å². The molecule has 0 fully saturated rings. The summed E-state index contributed by atoms with van der Waals surface area (Å²) in [5.41, 5.74) is 9.22. The number of carboxylic acid groups (broad SMARTS) is 1. The Morgan fingerprint density at radius 1 is 0.897 bits per heavy atom. The molecule has 2 aromatic carbocycles. The van der Waals surface area contributed by atoms with Gasteiger partial charge in [0.1, 0.15) is 5.82 Å². The lowest BCUT2D eigenvalue weighted by Gasteiger charge is -2.03. The summed E-state index contributed by atoms with van der Waals surface area (Å²) in [4.78, 5) is 35.0. The first-order valence-electron chi connectivity index (χ1n) is 8.78. The molecule has 0 unspecified atom stereocenters. The van der Waals surface area contributed by atoms with Gasteiger partial charge < -0.3 is 15.8 Å². The van der Waals surface area contributed by atoms with Crippen molar-refractivity contribution < 1.29 is 14.7 Å². The second kappa shape index (κ2) is 7.40. The average molecular weight is 384 g/mol. The molecule has 2 heterocycles. The van der Waals surface area contributed by atoms with Crippen LogP contribution in [0.5, 0.6) is 0 Å². The topological polar surface area (TPSA) is 122 Å². The minimum Gasteiger partial charge on any atom is -0.478 e. The van der Waals surface area contributed by atoms with Crippen LogP contribution in [0, 0.1) is 0 Å². The molecule has 0 saturated carbocycles. The maximum Gasteiger partial charge on any atom is 0.335 e. The van der Waals surface area contributed by atoms with Crippen molar-refractivity contribution in [1.29, 1.82) is 0 Å². The Morgan fingerprint density at radius 3 is 2.34 bits per heavy atom. The highest BCUT2D eigenvalue weighted by atomic mass is 16.4. The van der Waals surface area contributed by atoms with Gasteiger partial charge >= 0.3 is 5.97 Å². The number of nitrogens with two attached hydrogens (primary N) is 1. The molecule has 4 aromatic rings. The first-order valence-corrected chi connectivity index (χ1v) is 8.78. The molecule has 0 radical (unpaired) electrons. The van der Waals surface area contributed by atoms with E-state index < -0.39 is 11.9 Å². The lowest BCUT2D eigenvalue weighted by atomic mass is 10.1. The van der Waals surface area contributed by atoms with Crippen LogP contribution in [0.4, 0.5) is 0 Å². The van der Waals surface area contributed by atoms with Crippen molar-refractivity contribution in [2.24, 2.45) is 5.73 Å². The van der Waals surface area contributed by atoms with Crippen molar-refractivity contribution in [1.82, 2.24) is 15.0 Å². The molecular weight excluding hydrogens is 368 g/mol. The van der Waals surface area contributed by atoms with Gasteiger partial charge in [0.2, 0.25) is 5.91 Å². The van der Waals surface area contributed by atoms with Crippen LogP contribution in [-0.4, -0.2) is 31.9 Å². The molecule has 2 aromatic heterocycles. The van der Waals surface area contributed by atoms with Crippen LogP contribution in [0.15, 0.2) is 72.9 Å².